The fourth-order valence-electron chi connectivity index (χ4n) is 1.49. The zero-order valence-electron chi connectivity index (χ0n) is 9.08. The molecule has 1 aromatic carbocycles. The van der Waals surface area contributed by atoms with Gasteiger partial charge in [-0.2, -0.15) is 0 Å². The van der Waals surface area contributed by atoms with E-state index in [0.29, 0.717) is 6.61 Å². The van der Waals surface area contributed by atoms with Crippen molar-refractivity contribution in [2.45, 2.75) is 13.8 Å². The van der Waals surface area contributed by atoms with Gasteiger partial charge in [0.25, 0.3) is 0 Å². The highest BCUT2D eigenvalue weighted by Crippen LogP contribution is 2.16. The Morgan fingerprint density at radius 3 is 2.29 bits per heavy atom. The molecule has 0 saturated carbocycles. The largest absolute Gasteiger partial charge is 0.372 e. The van der Waals surface area contributed by atoms with Crippen molar-refractivity contribution in [2.24, 2.45) is 5.90 Å². The summed E-state index contributed by atoms with van der Waals surface area (Å²) in [6.45, 7) is 5.55. The molecule has 0 unspecified atom stereocenters. The molecule has 0 atom stereocenters. The first-order valence-electron chi connectivity index (χ1n) is 4.74. The number of anilines is 1. The molecule has 2 N–H and O–H groups in total. The van der Waals surface area contributed by atoms with Crippen LogP contribution in [0.3, 0.4) is 0 Å². The fraction of sp³-hybridized carbons (Fsp3) is 0.455. The second-order valence-electron chi connectivity index (χ2n) is 3.64. The van der Waals surface area contributed by atoms with E-state index in [1.807, 2.05) is 7.05 Å². The van der Waals surface area contributed by atoms with Crippen LogP contribution in [-0.4, -0.2) is 20.2 Å². The summed E-state index contributed by atoms with van der Waals surface area (Å²) in [5, 5.41) is 0. The van der Waals surface area contributed by atoms with E-state index < -0.39 is 0 Å². The molecule has 3 heteroatoms. The van der Waals surface area contributed by atoms with Crippen LogP contribution in [0, 0.1) is 13.8 Å². The molecule has 0 aliphatic rings. The van der Waals surface area contributed by atoms with E-state index in [1.165, 1.54) is 16.8 Å². The fourth-order valence-corrected chi connectivity index (χ4v) is 1.49. The van der Waals surface area contributed by atoms with Gasteiger partial charge in [-0.1, -0.05) is 6.07 Å². The van der Waals surface area contributed by atoms with E-state index in [1.54, 1.807) is 0 Å². The maximum Gasteiger partial charge on any atom is 0.0854 e. The summed E-state index contributed by atoms with van der Waals surface area (Å²) in [6, 6.07) is 6.48. The molecule has 0 saturated heterocycles. The summed E-state index contributed by atoms with van der Waals surface area (Å²) in [7, 11) is 2.03. The molecule has 14 heavy (non-hydrogen) atoms. The van der Waals surface area contributed by atoms with Crippen molar-refractivity contribution in [3.05, 3.63) is 29.3 Å². The number of hydrogen-bond acceptors (Lipinski definition) is 3. The highest BCUT2D eigenvalue weighted by Gasteiger charge is 2.01. The van der Waals surface area contributed by atoms with E-state index in [9.17, 15) is 0 Å². The van der Waals surface area contributed by atoms with Crippen molar-refractivity contribution in [1.82, 2.24) is 0 Å². The first-order valence-corrected chi connectivity index (χ1v) is 4.74. The van der Waals surface area contributed by atoms with Gasteiger partial charge in [0.15, 0.2) is 0 Å². The van der Waals surface area contributed by atoms with Gasteiger partial charge < -0.3 is 9.74 Å². The molecule has 0 spiro atoms. The third-order valence-corrected chi connectivity index (χ3v) is 2.19. The molecule has 0 aliphatic heterocycles. The maximum atomic E-state index is 4.99. The molecule has 0 amide bonds. The van der Waals surface area contributed by atoms with Crippen molar-refractivity contribution in [3.63, 3.8) is 0 Å². The van der Waals surface area contributed by atoms with Gasteiger partial charge in [0.1, 0.15) is 0 Å². The SMILES string of the molecule is Cc1cc(C)cc(N(C)CCON)c1. The van der Waals surface area contributed by atoms with Gasteiger partial charge in [-0.05, 0) is 37.1 Å². The standard InChI is InChI=1S/C11H18N2O/c1-9-6-10(2)8-11(7-9)13(3)4-5-14-12/h6-8H,4-5,12H2,1-3H3. The second kappa shape index (κ2) is 4.98. The molecular weight excluding hydrogens is 176 g/mol. The van der Waals surface area contributed by atoms with Crippen molar-refractivity contribution in [3.8, 4) is 0 Å². The minimum Gasteiger partial charge on any atom is -0.372 e. The molecule has 0 aromatic heterocycles. The van der Waals surface area contributed by atoms with Crippen molar-refractivity contribution < 1.29 is 4.84 Å². The zero-order chi connectivity index (χ0) is 10.6. The number of nitrogens with zero attached hydrogens (tertiary/aromatic N) is 1. The molecule has 0 aliphatic carbocycles. The third-order valence-electron chi connectivity index (χ3n) is 2.19. The highest BCUT2D eigenvalue weighted by molar-refractivity contribution is 5.50. The van der Waals surface area contributed by atoms with Gasteiger partial charge in [0.05, 0.1) is 6.61 Å². The van der Waals surface area contributed by atoms with Crippen LogP contribution < -0.4 is 10.8 Å². The quantitative estimate of drug-likeness (QED) is 0.740. The van der Waals surface area contributed by atoms with Gasteiger partial charge in [0, 0.05) is 19.3 Å². The lowest BCUT2D eigenvalue weighted by Gasteiger charge is -2.19. The first kappa shape index (κ1) is 11.0. The Hall–Kier alpha value is -1.06. The lowest BCUT2D eigenvalue weighted by Crippen LogP contribution is -2.23. The smallest absolute Gasteiger partial charge is 0.0854 e. The topological polar surface area (TPSA) is 38.5 Å². The summed E-state index contributed by atoms with van der Waals surface area (Å²) in [4.78, 5) is 6.68. The summed E-state index contributed by atoms with van der Waals surface area (Å²) in [6.07, 6.45) is 0. The average Bonchev–Trinajstić information content (AvgIpc) is 2.12. The Balaban J connectivity index is 2.73. The van der Waals surface area contributed by atoms with Crippen molar-refractivity contribution in [1.29, 1.82) is 0 Å². The van der Waals surface area contributed by atoms with E-state index in [4.69, 9.17) is 5.90 Å². The molecule has 0 bridgehead atoms. The van der Waals surface area contributed by atoms with E-state index in [-0.39, 0.29) is 0 Å². The summed E-state index contributed by atoms with van der Waals surface area (Å²) in [5.74, 6) is 4.99. The van der Waals surface area contributed by atoms with Crippen LogP contribution in [-0.2, 0) is 4.84 Å². The molecular formula is C11H18N2O. The predicted molar refractivity (Wildman–Crippen MR) is 59.3 cm³/mol. The first-order chi connectivity index (χ1) is 6.63. The highest BCUT2D eigenvalue weighted by atomic mass is 16.6. The van der Waals surface area contributed by atoms with Crippen molar-refractivity contribution >= 4 is 5.69 Å². The monoisotopic (exact) mass is 194 g/mol. The molecule has 0 fully saturated rings. The van der Waals surface area contributed by atoms with Gasteiger partial charge in [-0.15, -0.1) is 0 Å². The molecule has 0 radical (unpaired) electrons. The van der Waals surface area contributed by atoms with Crippen LogP contribution in [0.1, 0.15) is 11.1 Å². The second-order valence-corrected chi connectivity index (χ2v) is 3.64. The molecule has 0 heterocycles. The third kappa shape index (κ3) is 3.01. The van der Waals surface area contributed by atoms with Crippen LogP contribution in [0.5, 0.6) is 0 Å². The van der Waals surface area contributed by atoms with Crippen LogP contribution in [0.15, 0.2) is 18.2 Å². The Morgan fingerprint density at radius 1 is 1.21 bits per heavy atom. The number of nitrogens with two attached hydrogens (primary N) is 1. The number of hydrogen-bond donors (Lipinski definition) is 1. The number of benzene rings is 1. The van der Waals surface area contributed by atoms with Gasteiger partial charge in [-0.25, -0.2) is 5.90 Å². The summed E-state index contributed by atoms with van der Waals surface area (Å²) < 4.78 is 0. The van der Waals surface area contributed by atoms with Gasteiger partial charge in [-0.3, -0.25) is 0 Å². The molecule has 3 nitrogen and oxygen atoms in total. The van der Waals surface area contributed by atoms with E-state index in [0.717, 1.165) is 6.54 Å². The minimum atomic E-state index is 0.545. The number of rotatable bonds is 4. The molecule has 1 aromatic rings. The van der Waals surface area contributed by atoms with Crippen LogP contribution in [0.2, 0.25) is 0 Å². The van der Waals surface area contributed by atoms with Crippen LogP contribution in [0.4, 0.5) is 5.69 Å². The minimum absolute atomic E-state index is 0.545. The number of likely N-dealkylation sites (N-methyl/N-ethyl adjacent to an activating group) is 1. The van der Waals surface area contributed by atoms with Gasteiger partial charge in [0.2, 0.25) is 0 Å². The van der Waals surface area contributed by atoms with Crippen LogP contribution >= 0.6 is 0 Å². The average molecular weight is 194 g/mol. The normalized spacial score (nSPS) is 10.3. The number of aryl methyl sites for hydroxylation is 2. The van der Waals surface area contributed by atoms with E-state index >= 15 is 0 Å². The Labute approximate surface area is 85.4 Å². The van der Waals surface area contributed by atoms with Crippen LogP contribution in [0.25, 0.3) is 0 Å². The molecule has 1 rings (SSSR count). The van der Waals surface area contributed by atoms with E-state index in [2.05, 4.69) is 41.8 Å². The lowest BCUT2D eigenvalue weighted by molar-refractivity contribution is 0.145. The lowest BCUT2D eigenvalue weighted by atomic mass is 10.1. The predicted octanol–water partition coefficient (Wildman–Crippen LogP) is 1.63. The summed E-state index contributed by atoms with van der Waals surface area (Å²) in [5.41, 5.74) is 3.76. The van der Waals surface area contributed by atoms with Crippen molar-refractivity contribution in [2.75, 3.05) is 25.1 Å². The Bertz CT molecular complexity index is 279. The van der Waals surface area contributed by atoms with Gasteiger partial charge >= 0.3 is 0 Å². The maximum absolute atomic E-state index is 4.99. The molecule has 78 valence electrons. The summed E-state index contributed by atoms with van der Waals surface area (Å²) >= 11 is 0. The zero-order valence-corrected chi connectivity index (χ0v) is 9.08. The Kier molecular flexibility index (Phi) is 3.92. The Morgan fingerprint density at radius 2 is 1.79 bits per heavy atom.